The Morgan fingerprint density at radius 1 is 1.10 bits per heavy atom. The molecule has 2 rings (SSSR count). The average molecular weight is 295 g/mol. The molecule has 5 heteroatoms. The van der Waals surface area contributed by atoms with Crippen LogP contribution in [0.25, 0.3) is 0 Å². The molecule has 2 N–H and O–H groups in total. The number of likely N-dealkylation sites (tertiary alicyclic amines) is 1. The number of hydrogen-bond acceptors (Lipinski definition) is 3. The molecule has 0 aromatic heterocycles. The molecule has 0 spiro atoms. The van der Waals surface area contributed by atoms with Gasteiger partial charge in [0.15, 0.2) is 0 Å². The summed E-state index contributed by atoms with van der Waals surface area (Å²) in [5.74, 6) is -0.289. The molecule has 0 aromatic carbocycles. The predicted octanol–water partition coefficient (Wildman–Crippen LogP) is 1.36. The molecule has 1 aliphatic carbocycles. The fraction of sp³-hybridized carbons (Fsp3) is 0.875. The van der Waals surface area contributed by atoms with E-state index in [1.165, 1.54) is 38.5 Å². The number of nitrogens with two attached hydrogens (primary N) is 1. The summed E-state index contributed by atoms with van der Waals surface area (Å²) >= 11 is 0. The zero-order valence-electron chi connectivity index (χ0n) is 13.2. The van der Waals surface area contributed by atoms with Crippen LogP contribution in [-0.4, -0.2) is 54.3 Å². The molecule has 1 saturated carbocycles. The number of primary amides is 1. The van der Waals surface area contributed by atoms with Crippen molar-refractivity contribution in [2.24, 2.45) is 11.7 Å². The van der Waals surface area contributed by atoms with Crippen molar-refractivity contribution in [2.75, 3.05) is 26.7 Å². The standard InChI is InChI=1S/C16H29N3O2/c1-18(14-8-4-2-3-5-9-14)12-15(20)19-10-6-7-13(11-19)16(17)21/h13-14H,2-12H2,1H3,(H2,17,21). The highest BCUT2D eigenvalue weighted by molar-refractivity contribution is 5.81. The molecule has 1 saturated heterocycles. The van der Waals surface area contributed by atoms with E-state index in [9.17, 15) is 9.59 Å². The van der Waals surface area contributed by atoms with Crippen LogP contribution in [0.1, 0.15) is 51.4 Å². The summed E-state index contributed by atoms with van der Waals surface area (Å²) < 4.78 is 0. The lowest BCUT2D eigenvalue weighted by molar-refractivity contribution is -0.136. The lowest BCUT2D eigenvalue weighted by Gasteiger charge is -2.34. The number of likely N-dealkylation sites (N-methyl/N-ethyl adjacent to an activating group) is 1. The number of carbonyl (C=O) groups excluding carboxylic acids is 2. The van der Waals surface area contributed by atoms with Crippen LogP contribution in [-0.2, 0) is 9.59 Å². The van der Waals surface area contributed by atoms with E-state index in [1.54, 1.807) is 0 Å². The van der Waals surface area contributed by atoms with E-state index in [-0.39, 0.29) is 17.7 Å². The van der Waals surface area contributed by atoms with Crippen molar-refractivity contribution in [1.82, 2.24) is 9.80 Å². The molecule has 1 atom stereocenters. The fourth-order valence-electron chi connectivity index (χ4n) is 3.58. The summed E-state index contributed by atoms with van der Waals surface area (Å²) in [5, 5.41) is 0. The Balaban J connectivity index is 1.83. The van der Waals surface area contributed by atoms with Crippen molar-refractivity contribution in [2.45, 2.75) is 57.4 Å². The number of rotatable bonds is 4. The first-order valence-corrected chi connectivity index (χ1v) is 8.35. The summed E-state index contributed by atoms with van der Waals surface area (Å²) in [4.78, 5) is 27.8. The number of piperidine rings is 1. The van der Waals surface area contributed by atoms with Crippen LogP contribution in [0.4, 0.5) is 0 Å². The van der Waals surface area contributed by atoms with Crippen LogP contribution in [0.2, 0.25) is 0 Å². The number of amides is 2. The Bertz CT molecular complexity index is 365. The van der Waals surface area contributed by atoms with Crippen molar-refractivity contribution in [3.8, 4) is 0 Å². The molecule has 5 nitrogen and oxygen atoms in total. The van der Waals surface area contributed by atoms with E-state index < -0.39 is 0 Å². The third-order valence-electron chi connectivity index (χ3n) is 5.01. The summed E-state index contributed by atoms with van der Waals surface area (Å²) in [5.41, 5.74) is 5.38. The van der Waals surface area contributed by atoms with Gasteiger partial charge in [0.2, 0.25) is 11.8 Å². The molecular weight excluding hydrogens is 266 g/mol. The molecule has 2 amide bonds. The normalized spacial score (nSPS) is 24.9. The van der Waals surface area contributed by atoms with Crippen LogP contribution in [0.3, 0.4) is 0 Å². The molecule has 1 aliphatic heterocycles. The maximum Gasteiger partial charge on any atom is 0.236 e. The van der Waals surface area contributed by atoms with Crippen molar-refractivity contribution < 1.29 is 9.59 Å². The maximum atomic E-state index is 12.4. The van der Waals surface area contributed by atoms with Crippen LogP contribution >= 0.6 is 0 Å². The second-order valence-electron chi connectivity index (χ2n) is 6.64. The Labute approximate surface area is 127 Å². The minimum Gasteiger partial charge on any atom is -0.369 e. The van der Waals surface area contributed by atoms with Crippen LogP contribution < -0.4 is 5.73 Å². The smallest absolute Gasteiger partial charge is 0.236 e. The van der Waals surface area contributed by atoms with Crippen molar-refractivity contribution in [3.63, 3.8) is 0 Å². The Morgan fingerprint density at radius 2 is 1.76 bits per heavy atom. The molecule has 1 unspecified atom stereocenters. The van der Waals surface area contributed by atoms with Gasteiger partial charge in [0.25, 0.3) is 0 Å². The summed E-state index contributed by atoms with van der Waals surface area (Å²) in [6.07, 6.45) is 9.30. The number of carbonyl (C=O) groups is 2. The van der Waals surface area contributed by atoms with Gasteiger partial charge in [0.05, 0.1) is 12.5 Å². The topological polar surface area (TPSA) is 66.6 Å². The van der Waals surface area contributed by atoms with Gasteiger partial charge in [-0.1, -0.05) is 25.7 Å². The number of nitrogens with zero attached hydrogens (tertiary/aromatic N) is 2. The minimum absolute atomic E-state index is 0.146. The van der Waals surface area contributed by atoms with E-state index in [2.05, 4.69) is 11.9 Å². The second-order valence-corrected chi connectivity index (χ2v) is 6.64. The van der Waals surface area contributed by atoms with E-state index in [0.717, 1.165) is 19.4 Å². The first kappa shape index (κ1) is 16.3. The predicted molar refractivity (Wildman–Crippen MR) is 82.6 cm³/mol. The van der Waals surface area contributed by atoms with E-state index in [1.807, 2.05) is 4.90 Å². The minimum atomic E-state index is -0.273. The van der Waals surface area contributed by atoms with Gasteiger partial charge in [-0.25, -0.2) is 0 Å². The second kappa shape index (κ2) is 7.78. The summed E-state index contributed by atoms with van der Waals surface area (Å²) in [7, 11) is 2.06. The van der Waals surface area contributed by atoms with Gasteiger partial charge >= 0.3 is 0 Å². The zero-order chi connectivity index (χ0) is 15.2. The van der Waals surface area contributed by atoms with Crippen molar-refractivity contribution in [3.05, 3.63) is 0 Å². The first-order valence-electron chi connectivity index (χ1n) is 8.35. The highest BCUT2D eigenvalue weighted by Gasteiger charge is 2.28. The molecule has 21 heavy (non-hydrogen) atoms. The van der Waals surface area contributed by atoms with Gasteiger partial charge in [0, 0.05) is 19.1 Å². The lowest BCUT2D eigenvalue weighted by Crippen LogP contribution is -2.48. The molecule has 120 valence electrons. The molecule has 1 heterocycles. The zero-order valence-corrected chi connectivity index (χ0v) is 13.2. The molecular formula is C16H29N3O2. The quantitative estimate of drug-likeness (QED) is 0.797. The molecule has 2 fully saturated rings. The van der Waals surface area contributed by atoms with Crippen LogP contribution in [0, 0.1) is 5.92 Å². The van der Waals surface area contributed by atoms with Crippen molar-refractivity contribution >= 4 is 11.8 Å². The molecule has 0 radical (unpaired) electrons. The molecule has 0 bridgehead atoms. The lowest BCUT2D eigenvalue weighted by atomic mass is 9.97. The fourth-order valence-corrected chi connectivity index (χ4v) is 3.58. The third kappa shape index (κ3) is 4.70. The number of hydrogen-bond donors (Lipinski definition) is 1. The van der Waals surface area contributed by atoms with Gasteiger partial charge in [0.1, 0.15) is 0 Å². The van der Waals surface area contributed by atoms with E-state index in [0.29, 0.717) is 19.1 Å². The Kier molecular flexibility index (Phi) is 6.03. The van der Waals surface area contributed by atoms with Crippen molar-refractivity contribution in [1.29, 1.82) is 0 Å². The third-order valence-corrected chi connectivity index (χ3v) is 5.01. The molecule has 0 aromatic rings. The van der Waals surface area contributed by atoms with Crippen LogP contribution in [0.15, 0.2) is 0 Å². The van der Waals surface area contributed by atoms with E-state index in [4.69, 9.17) is 5.73 Å². The van der Waals surface area contributed by atoms with Crippen LogP contribution in [0.5, 0.6) is 0 Å². The average Bonchev–Trinajstić information content (AvgIpc) is 2.76. The first-order chi connectivity index (χ1) is 10.1. The van der Waals surface area contributed by atoms with Gasteiger partial charge in [-0.3, -0.25) is 14.5 Å². The Morgan fingerprint density at radius 3 is 2.38 bits per heavy atom. The SMILES string of the molecule is CN(CC(=O)N1CCCC(C(N)=O)C1)C1CCCCCC1. The summed E-state index contributed by atoms with van der Waals surface area (Å²) in [6, 6.07) is 0.535. The highest BCUT2D eigenvalue weighted by atomic mass is 16.2. The highest BCUT2D eigenvalue weighted by Crippen LogP contribution is 2.21. The monoisotopic (exact) mass is 295 g/mol. The maximum absolute atomic E-state index is 12.4. The molecule has 2 aliphatic rings. The van der Waals surface area contributed by atoms with E-state index >= 15 is 0 Å². The van der Waals surface area contributed by atoms with Gasteiger partial charge in [-0.15, -0.1) is 0 Å². The van der Waals surface area contributed by atoms with Gasteiger partial charge in [-0.05, 0) is 32.7 Å². The summed E-state index contributed by atoms with van der Waals surface area (Å²) in [6.45, 7) is 1.74. The largest absolute Gasteiger partial charge is 0.369 e. The van der Waals surface area contributed by atoms with Gasteiger partial charge in [-0.2, -0.15) is 0 Å². The van der Waals surface area contributed by atoms with Gasteiger partial charge < -0.3 is 10.6 Å². The Hall–Kier alpha value is -1.10.